The van der Waals surface area contributed by atoms with E-state index in [-0.39, 0.29) is 6.61 Å². The highest BCUT2D eigenvalue weighted by molar-refractivity contribution is 7.98. The molecule has 1 aromatic heterocycles. The number of aliphatic carboxylic acids is 1. The van der Waals surface area contributed by atoms with E-state index in [0.717, 1.165) is 16.8 Å². The second-order valence-corrected chi connectivity index (χ2v) is 6.81. The van der Waals surface area contributed by atoms with Gasteiger partial charge in [0.25, 0.3) is 0 Å². The standard InChI is InChI=1S/C19H22N2O4S/c1-14-6-5-10-20-17(14)13-26-11-9-16(18(22)23)21-19(24)25-12-15-7-3-2-4-8-15/h2-8,10,16H,9,11-13H2,1H3,(H,21,24)(H,22,23). The second-order valence-electron chi connectivity index (χ2n) is 5.71. The molecule has 2 N–H and O–H groups in total. The number of rotatable bonds is 9. The number of aryl methyl sites for hydroxylation is 1. The molecule has 1 unspecified atom stereocenters. The van der Waals surface area contributed by atoms with Crippen molar-refractivity contribution in [2.24, 2.45) is 0 Å². The van der Waals surface area contributed by atoms with Crippen LogP contribution in [0.3, 0.4) is 0 Å². The molecule has 2 aromatic rings. The van der Waals surface area contributed by atoms with E-state index in [2.05, 4.69) is 10.3 Å². The zero-order valence-corrected chi connectivity index (χ0v) is 15.4. The maximum Gasteiger partial charge on any atom is 0.408 e. The molecule has 0 aliphatic carbocycles. The Morgan fingerprint density at radius 2 is 2.00 bits per heavy atom. The van der Waals surface area contributed by atoms with Gasteiger partial charge in [0.15, 0.2) is 0 Å². The number of carbonyl (C=O) groups excluding carboxylic acids is 1. The predicted octanol–water partition coefficient (Wildman–Crippen LogP) is 3.39. The van der Waals surface area contributed by atoms with Crippen LogP contribution in [0.15, 0.2) is 48.7 Å². The van der Waals surface area contributed by atoms with Crippen LogP contribution < -0.4 is 5.32 Å². The molecule has 0 radical (unpaired) electrons. The molecule has 0 aliphatic heterocycles. The van der Waals surface area contributed by atoms with Crippen LogP contribution in [-0.2, 0) is 21.9 Å². The Morgan fingerprint density at radius 1 is 1.23 bits per heavy atom. The summed E-state index contributed by atoms with van der Waals surface area (Å²) in [6.45, 7) is 2.10. The number of hydrogen-bond donors (Lipinski definition) is 2. The molecule has 7 heteroatoms. The fourth-order valence-corrected chi connectivity index (χ4v) is 3.25. The Balaban J connectivity index is 1.73. The minimum absolute atomic E-state index is 0.104. The highest BCUT2D eigenvalue weighted by Gasteiger charge is 2.20. The number of carboxylic acid groups (broad SMARTS) is 1. The van der Waals surface area contributed by atoms with E-state index in [1.54, 1.807) is 18.0 Å². The summed E-state index contributed by atoms with van der Waals surface area (Å²) in [7, 11) is 0. The number of pyridine rings is 1. The van der Waals surface area contributed by atoms with Gasteiger partial charge in [-0.05, 0) is 36.3 Å². The highest BCUT2D eigenvalue weighted by atomic mass is 32.2. The third-order valence-electron chi connectivity index (χ3n) is 3.71. The summed E-state index contributed by atoms with van der Waals surface area (Å²) >= 11 is 1.59. The number of hydrogen-bond acceptors (Lipinski definition) is 5. The van der Waals surface area contributed by atoms with Crippen LogP contribution in [0.2, 0.25) is 0 Å². The maximum atomic E-state index is 11.8. The molecule has 0 saturated heterocycles. The highest BCUT2D eigenvalue weighted by Crippen LogP contribution is 2.15. The molecule has 1 aromatic carbocycles. The molecule has 1 atom stereocenters. The van der Waals surface area contributed by atoms with E-state index in [1.165, 1.54) is 0 Å². The number of ether oxygens (including phenoxy) is 1. The van der Waals surface area contributed by atoms with Crippen molar-refractivity contribution in [1.29, 1.82) is 0 Å². The van der Waals surface area contributed by atoms with Gasteiger partial charge in [0.2, 0.25) is 0 Å². The average molecular weight is 374 g/mol. The van der Waals surface area contributed by atoms with E-state index >= 15 is 0 Å². The zero-order chi connectivity index (χ0) is 18.8. The quantitative estimate of drug-likeness (QED) is 0.654. The predicted molar refractivity (Wildman–Crippen MR) is 101 cm³/mol. The Kier molecular flexibility index (Phi) is 7.95. The van der Waals surface area contributed by atoms with E-state index in [4.69, 9.17) is 4.74 Å². The van der Waals surface area contributed by atoms with Gasteiger partial charge in [-0.2, -0.15) is 11.8 Å². The molecule has 1 amide bonds. The average Bonchev–Trinajstić information content (AvgIpc) is 2.64. The fourth-order valence-electron chi connectivity index (χ4n) is 2.20. The summed E-state index contributed by atoms with van der Waals surface area (Å²) < 4.78 is 5.07. The Hall–Kier alpha value is -2.54. The monoisotopic (exact) mass is 374 g/mol. The molecular formula is C19H22N2O4S. The summed E-state index contributed by atoms with van der Waals surface area (Å²) in [6.07, 6.45) is 1.33. The van der Waals surface area contributed by atoms with Gasteiger partial charge >= 0.3 is 12.1 Å². The third-order valence-corrected chi connectivity index (χ3v) is 4.71. The first-order valence-electron chi connectivity index (χ1n) is 8.24. The Morgan fingerprint density at radius 3 is 2.69 bits per heavy atom. The maximum absolute atomic E-state index is 11.8. The number of carbonyl (C=O) groups is 2. The third kappa shape index (κ3) is 6.76. The molecule has 6 nitrogen and oxygen atoms in total. The topological polar surface area (TPSA) is 88.5 Å². The molecule has 0 spiro atoms. The van der Waals surface area contributed by atoms with Crippen molar-refractivity contribution in [3.63, 3.8) is 0 Å². The smallest absolute Gasteiger partial charge is 0.408 e. The number of amides is 1. The second kappa shape index (κ2) is 10.5. The first-order valence-corrected chi connectivity index (χ1v) is 9.40. The van der Waals surface area contributed by atoms with Crippen LogP contribution in [0.4, 0.5) is 4.79 Å². The first kappa shape index (κ1) is 19.8. The summed E-state index contributed by atoms with van der Waals surface area (Å²) in [6, 6.07) is 12.1. The summed E-state index contributed by atoms with van der Waals surface area (Å²) in [5, 5.41) is 11.7. The van der Waals surface area contributed by atoms with Crippen molar-refractivity contribution < 1.29 is 19.4 Å². The van der Waals surface area contributed by atoms with Gasteiger partial charge in [-0.1, -0.05) is 36.4 Å². The molecule has 138 valence electrons. The zero-order valence-electron chi connectivity index (χ0n) is 14.6. The lowest BCUT2D eigenvalue weighted by Gasteiger charge is -2.14. The molecule has 1 heterocycles. The van der Waals surface area contributed by atoms with Crippen LogP contribution >= 0.6 is 11.8 Å². The first-order chi connectivity index (χ1) is 12.6. The lowest BCUT2D eigenvalue weighted by Crippen LogP contribution is -2.41. The van der Waals surface area contributed by atoms with E-state index < -0.39 is 18.1 Å². The van der Waals surface area contributed by atoms with Gasteiger partial charge in [-0.3, -0.25) is 4.98 Å². The van der Waals surface area contributed by atoms with Crippen molar-refractivity contribution in [2.45, 2.75) is 31.7 Å². The van der Waals surface area contributed by atoms with E-state index in [0.29, 0.717) is 17.9 Å². The number of nitrogens with one attached hydrogen (secondary N) is 1. The molecule has 0 saturated carbocycles. The molecule has 0 fully saturated rings. The minimum atomic E-state index is -1.07. The number of alkyl carbamates (subject to hydrolysis) is 1. The van der Waals surface area contributed by atoms with Crippen molar-refractivity contribution in [1.82, 2.24) is 10.3 Å². The van der Waals surface area contributed by atoms with Gasteiger partial charge in [-0.15, -0.1) is 0 Å². The largest absolute Gasteiger partial charge is 0.480 e. The Labute approximate surface area is 157 Å². The van der Waals surface area contributed by atoms with Gasteiger partial charge in [0, 0.05) is 11.9 Å². The summed E-state index contributed by atoms with van der Waals surface area (Å²) in [5.41, 5.74) is 2.94. The molecular weight excluding hydrogens is 352 g/mol. The van der Waals surface area contributed by atoms with Gasteiger partial charge < -0.3 is 15.2 Å². The number of thioether (sulfide) groups is 1. The van der Waals surface area contributed by atoms with Gasteiger partial charge in [0.05, 0.1) is 5.69 Å². The van der Waals surface area contributed by atoms with Crippen LogP contribution in [-0.4, -0.2) is 33.9 Å². The molecule has 26 heavy (non-hydrogen) atoms. The van der Waals surface area contributed by atoms with E-state index in [9.17, 15) is 14.7 Å². The normalized spacial score (nSPS) is 11.6. The van der Waals surface area contributed by atoms with Crippen molar-refractivity contribution in [2.75, 3.05) is 5.75 Å². The van der Waals surface area contributed by atoms with Gasteiger partial charge in [0.1, 0.15) is 12.6 Å². The minimum Gasteiger partial charge on any atom is -0.480 e. The van der Waals surface area contributed by atoms with Crippen molar-refractivity contribution in [3.05, 3.63) is 65.5 Å². The van der Waals surface area contributed by atoms with Crippen molar-refractivity contribution in [3.8, 4) is 0 Å². The lowest BCUT2D eigenvalue weighted by molar-refractivity contribution is -0.139. The Bertz CT molecular complexity index is 724. The van der Waals surface area contributed by atoms with E-state index in [1.807, 2.05) is 49.4 Å². The number of aromatic nitrogens is 1. The van der Waals surface area contributed by atoms with Crippen LogP contribution in [0.25, 0.3) is 0 Å². The summed E-state index contributed by atoms with van der Waals surface area (Å²) in [4.78, 5) is 27.5. The van der Waals surface area contributed by atoms with Gasteiger partial charge in [-0.25, -0.2) is 9.59 Å². The number of benzene rings is 1. The molecule has 2 rings (SSSR count). The molecule has 0 aliphatic rings. The van der Waals surface area contributed by atoms with Crippen LogP contribution in [0, 0.1) is 6.92 Å². The van der Waals surface area contributed by atoms with Crippen LogP contribution in [0.1, 0.15) is 23.2 Å². The SMILES string of the molecule is Cc1cccnc1CSCCC(NC(=O)OCc1ccccc1)C(=O)O. The van der Waals surface area contributed by atoms with Crippen LogP contribution in [0.5, 0.6) is 0 Å². The molecule has 0 bridgehead atoms. The summed E-state index contributed by atoms with van der Waals surface area (Å²) in [5.74, 6) is 0.222. The number of nitrogens with zero attached hydrogens (tertiary/aromatic N) is 1. The lowest BCUT2D eigenvalue weighted by atomic mass is 10.2. The van der Waals surface area contributed by atoms with Crippen molar-refractivity contribution >= 4 is 23.8 Å². The fraction of sp³-hybridized carbons (Fsp3) is 0.316. The number of carboxylic acids is 1.